The number of piperazine rings is 1. The van der Waals surface area contributed by atoms with Gasteiger partial charge in [0, 0.05) is 62.8 Å². The van der Waals surface area contributed by atoms with E-state index in [9.17, 15) is 14.4 Å². The van der Waals surface area contributed by atoms with E-state index in [0.717, 1.165) is 22.5 Å². The molecule has 33 heavy (non-hydrogen) atoms. The average Bonchev–Trinajstić information content (AvgIpc) is 3.24. The van der Waals surface area contributed by atoms with Gasteiger partial charge in [0.2, 0.25) is 5.67 Å². The molecule has 0 bridgehead atoms. The Morgan fingerprint density at radius 3 is 2.61 bits per heavy atom. The number of carbonyl (C=O) groups is 1. The summed E-state index contributed by atoms with van der Waals surface area (Å²) in [6, 6.07) is 6.03. The Hall–Kier alpha value is -3.71. The van der Waals surface area contributed by atoms with Gasteiger partial charge in [-0.2, -0.15) is 10.4 Å². The fourth-order valence-corrected chi connectivity index (χ4v) is 4.40. The molecule has 10 heteroatoms. The number of hydrogen-bond donors (Lipinski definition) is 1. The van der Waals surface area contributed by atoms with Crippen molar-refractivity contribution in [1.82, 2.24) is 24.8 Å². The number of aromatic nitrogens is 3. The van der Waals surface area contributed by atoms with Gasteiger partial charge in [-0.25, -0.2) is 13.9 Å². The van der Waals surface area contributed by atoms with Crippen LogP contribution in [0.1, 0.15) is 11.1 Å². The van der Waals surface area contributed by atoms with Gasteiger partial charge in [-0.1, -0.05) is 0 Å². The summed E-state index contributed by atoms with van der Waals surface area (Å²) >= 11 is 0. The molecule has 0 saturated carbocycles. The molecule has 0 aliphatic carbocycles. The highest BCUT2D eigenvalue weighted by molar-refractivity contribution is 5.87. The molecule has 1 N–H and O–H groups in total. The number of nitrogens with one attached hydrogen (secondary N) is 1. The van der Waals surface area contributed by atoms with E-state index in [1.165, 1.54) is 6.20 Å². The molecule has 3 aromatic heterocycles. The zero-order valence-electron chi connectivity index (χ0n) is 18.5. The maximum Gasteiger partial charge on any atom is 0.263 e. The average molecular weight is 449 g/mol. The number of pyridine rings is 2. The van der Waals surface area contributed by atoms with Crippen LogP contribution in [0, 0.1) is 18.3 Å². The van der Waals surface area contributed by atoms with Gasteiger partial charge in [0.1, 0.15) is 28.7 Å². The Morgan fingerprint density at radius 1 is 1.24 bits per heavy atom. The van der Waals surface area contributed by atoms with Gasteiger partial charge in [0.15, 0.2) is 0 Å². The van der Waals surface area contributed by atoms with Crippen LogP contribution in [-0.4, -0.2) is 77.5 Å². The second-order valence-electron chi connectivity index (χ2n) is 8.47. The topological polar surface area (TPSA) is 98.8 Å². The van der Waals surface area contributed by atoms with E-state index >= 15 is 0 Å². The van der Waals surface area contributed by atoms with Gasteiger partial charge < -0.3 is 19.9 Å². The van der Waals surface area contributed by atoms with Crippen molar-refractivity contribution in [2.75, 3.05) is 51.3 Å². The van der Waals surface area contributed by atoms with Gasteiger partial charge in [0.25, 0.3) is 5.91 Å². The van der Waals surface area contributed by atoms with Crippen LogP contribution in [0.15, 0.2) is 30.7 Å². The first-order chi connectivity index (χ1) is 15.9. The van der Waals surface area contributed by atoms with Crippen molar-refractivity contribution in [3.63, 3.8) is 0 Å². The van der Waals surface area contributed by atoms with E-state index in [1.807, 2.05) is 31.5 Å². The number of anilines is 1. The molecule has 2 saturated heterocycles. The Labute approximate surface area is 190 Å². The Morgan fingerprint density at radius 2 is 2.00 bits per heavy atom. The number of aryl methyl sites for hydroxylation is 1. The van der Waals surface area contributed by atoms with E-state index in [-0.39, 0.29) is 13.1 Å². The minimum atomic E-state index is -1.75. The quantitative estimate of drug-likeness (QED) is 0.645. The molecule has 5 rings (SSSR count). The molecule has 2 fully saturated rings. The molecule has 0 radical (unpaired) electrons. The third-order valence-electron chi connectivity index (χ3n) is 6.41. The summed E-state index contributed by atoms with van der Waals surface area (Å²) in [6.45, 7) is 4.36. The highest BCUT2D eigenvalue weighted by atomic mass is 19.1. The predicted octanol–water partition coefficient (Wildman–Crippen LogP) is 1.55. The lowest BCUT2D eigenvalue weighted by atomic mass is 9.97. The summed E-state index contributed by atoms with van der Waals surface area (Å²) in [6.07, 6.45) is 5.19. The number of alkyl halides is 1. The molecule has 0 spiro atoms. The fourth-order valence-electron chi connectivity index (χ4n) is 4.40. The molecule has 9 nitrogen and oxygen atoms in total. The minimum Gasteiger partial charge on any atom is -0.494 e. The van der Waals surface area contributed by atoms with E-state index < -0.39 is 11.6 Å². The van der Waals surface area contributed by atoms with Gasteiger partial charge in [-0.15, -0.1) is 0 Å². The van der Waals surface area contributed by atoms with Crippen molar-refractivity contribution in [2.45, 2.75) is 12.6 Å². The van der Waals surface area contributed by atoms with E-state index in [0.29, 0.717) is 43.0 Å². The molecule has 0 unspecified atom stereocenters. The van der Waals surface area contributed by atoms with Crippen LogP contribution in [0.4, 0.5) is 10.2 Å². The summed E-state index contributed by atoms with van der Waals surface area (Å²) in [7, 11) is 1.57. The summed E-state index contributed by atoms with van der Waals surface area (Å²) in [4.78, 5) is 20.8. The van der Waals surface area contributed by atoms with Crippen LogP contribution in [0.2, 0.25) is 0 Å². The second-order valence-corrected chi connectivity index (χ2v) is 8.47. The zero-order chi connectivity index (χ0) is 23.2. The summed E-state index contributed by atoms with van der Waals surface area (Å²) in [5, 5.41) is 16.4. The molecule has 5 heterocycles. The molecular formula is C23H24FN7O2. The number of methoxy groups -OCH3 is 1. The van der Waals surface area contributed by atoms with Crippen LogP contribution in [0.25, 0.3) is 16.6 Å². The molecule has 2 aliphatic heterocycles. The van der Waals surface area contributed by atoms with Crippen LogP contribution in [-0.2, 0) is 4.79 Å². The number of halogens is 1. The number of nitrogens with zero attached hydrogens (tertiary/aromatic N) is 6. The molecule has 1 amide bonds. The number of nitriles is 1. The first-order valence-corrected chi connectivity index (χ1v) is 10.8. The maximum atomic E-state index is 14.4. The number of fused-ring (bicyclic) bond motifs is 1. The van der Waals surface area contributed by atoms with E-state index in [1.54, 1.807) is 16.5 Å². The van der Waals surface area contributed by atoms with Gasteiger partial charge in [-0.3, -0.25) is 4.79 Å². The molecule has 0 atom stereocenters. The van der Waals surface area contributed by atoms with Crippen LogP contribution < -0.4 is 15.0 Å². The fraction of sp³-hybridized carbons (Fsp3) is 0.391. The first-order valence-electron chi connectivity index (χ1n) is 10.8. The van der Waals surface area contributed by atoms with Crippen molar-refractivity contribution in [3.05, 3.63) is 41.9 Å². The highest BCUT2D eigenvalue weighted by Crippen LogP contribution is 2.32. The summed E-state index contributed by atoms with van der Waals surface area (Å²) < 4.78 is 21.6. The smallest absolute Gasteiger partial charge is 0.263 e. The lowest BCUT2D eigenvalue weighted by Crippen LogP contribution is -2.66. The van der Waals surface area contributed by atoms with Gasteiger partial charge in [0.05, 0.1) is 13.3 Å². The highest BCUT2D eigenvalue weighted by Gasteiger charge is 2.47. The number of hydrogen-bond acceptors (Lipinski definition) is 7. The van der Waals surface area contributed by atoms with Gasteiger partial charge in [-0.05, 0) is 24.6 Å². The molecule has 170 valence electrons. The van der Waals surface area contributed by atoms with Crippen molar-refractivity contribution >= 4 is 17.2 Å². The van der Waals surface area contributed by atoms with Crippen molar-refractivity contribution in [2.24, 2.45) is 0 Å². The molecule has 0 aromatic carbocycles. The third-order valence-corrected chi connectivity index (χ3v) is 6.41. The van der Waals surface area contributed by atoms with Crippen molar-refractivity contribution in [3.8, 4) is 22.9 Å². The lowest BCUT2D eigenvalue weighted by Gasteiger charge is -2.41. The van der Waals surface area contributed by atoms with Crippen LogP contribution in [0.5, 0.6) is 5.75 Å². The monoisotopic (exact) mass is 449 g/mol. The minimum absolute atomic E-state index is 0.0984. The van der Waals surface area contributed by atoms with E-state index in [4.69, 9.17) is 4.74 Å². The van der Waals surface area contributed by atoms with Crippen molar-refractivity contribution in [1.29, 1.82) is 5.26 Å². The Kier molecular flexibility index (Phi) is 5.13. The molecular weight excluding hydrogens is 425 g/mol. The van der Waals surface area contributed by atoms with Crippen LogP contribution in [0.3, 0.4) is 0 Å². The standard InChI is InChI=1S/C23H24FN7O2/c1-15-7-20(29-3-5-30(6-4-29)22(32)23(24)13-26-14-23)27-11-18(15)16-8-19(33-2)21-17(9-25)10-28-31(21)12-16/h7-8,10-12,26H,3-6,13-14H2,1-2H3. The number of rotatable bonds is 4. The SMILES string of the molecule is COc1cc(-c2cnc(N3CCN(C(=O)C4(F)CNC4)CC3)cc2C)cn2ncc(C#N)c12. The Balaban J connectivity index is 1.35. The van der Waals surface area contributed by atoms with Crippen LogP contribution >= 0.6 is 0 Å². The summed E-state index contributed by atoms with van der Waals surface area (Å²) in [5.74, 6) is 0.975. The van der Waals surface area contributed by atoms with Gasteiger partial charge >= 0.3 is 0 Å². The maximum absolute atomic E-state index is 14.4. The largest absolute Gasteiger partial charge is 0.494 e. The predicted molar refractivity (Wildman–Crippen MR) is 120 cm³/mol. The second kappa shape index (κ2) is 8.01. The molecule has 3 aromatic rings. The zero-order valence-corrected chi connectivity index (χ0v) is 18.5. The first kappa shape index (κ1) is 21.2. The third kappa shape index (κ3) is 3.54. The van der Waals surface area contributed by atoms with Crippen molar-refractivity contribution < 1.29 is 13.9 Å². The summed E-state index contributed by atoms with van der Waals surface area (Å²) in [5.41, 5.74) is 2.17. The number of ether oxygens (including phenoxy) is 1. The number of carbonyl (C=O) groups excluding carboxylic acids is 1. The Bertz CT molecular complexity index is 1270. The lowest BCUT2D eigenvalue weighted by molar-refractivity contribution is -0.147. The molecule has 2 aliphatic rings. The normalized spacial score (nSPS) is 17.5. The number of amides is 1. The van der Waals surface area contributed by atoms with E-state index in [2.05, 4.69) is 26.4 Å².